The topological polar surface area (TPSA) is 21.3 Å². The summed E-state index contributed by atoms with van der Waals surface area (Å²) in [4.78, 5) is 0. The lowest BCUT2D eigenvalue weighted by atomic mass is 10.0. The van der Waals surface area contributed by atoms with E-state index in [1.807, 2.05) is 18.2 Å². The zero-order valence-corrected chi connectivity index (χ0v) is 9.33. The second-order valence-corrected chi connectivity index (χ2v) is 4.29. The lowest BCUT2D eigenvalue weighted by Gasteiger charge is -2.23. The molecule has 0 bridgehead atoms. The largest absolute Gasteiger partial charge is 0.493 e. The molecule has 0 radical (unpaired) electrons. The maximum absolute atomic E-state index is 5.84. The fourth-order valence-corrected chi connectivity index (χ4v) is 1.99. The summed E-state index contributed by atoms with van der Waals surface area (Å²) in [5.41, 5.74) is 1.22. The van der Waals surface area contributed by atoms with E-state index < -0.39 is 0 Å². The number of nitrogens with one attached hydrogen (secondary N) is 1. The SMILES string of the molecule is Cc1ccccc1OCC1CCCNC1. The smallest absolute Gasteiger partial charge is 0.122 e. The minimum Gasteiger partial charge on any atom is -0.493 e. The molecule has 0 saturated carbocycles. The summed E-state index contributed by atoms with van der Waals surface area (Å²) in [6.07, 6.45) is 2.57. The molecule has 1 atom stereocenters. The monoisotopic (exact) mass is 205 g/mol. The van der Waals surface area contributed by atoms with E-state index in [0.717, 1.165) is 18.9 Å². The highest BCUT2D eigenvalue weighted by atomic mass is 16.5. The first-order chi connectivity index (χ1) is 7.36. The normalized spacial score (nSPS) is 21.3. The highest BCUT2D eigenvalue weighted by Crippen LogP contribution is 2.18. The molecule has 1 saturated heterocycles. The van der Waals surface area contributed by atoms with Gasteiger partial charge in [-0.1, -0.05) is 18.2 Å². The fourth-order valence-electron chi connectivity index (χ4n) is 1.99. The van der Waals surface area contributed by atoms with Crippen LogP contribution in [-0.4, -0.2) is 19.7 Å². The molecule has 1 aromatic carbocycles. The van der Waals surface area contributed by atoms with Crippen LogP contribution in [0.3, 0.4) is 0 Å². The molecule has 1 unspecified atom stereocenters. The van der Waals surface area contributed by atoms with Gasteiger partial charge in [-0.3, -0.25) is 0 Å². The summed E-state index contributed by atoms with van der Waals surface area (Å²) in [7, 11) is 0. The number of rotatable bonds is 3. The first-order valence-electron chi connectivity index (χ1n) is 5.75. The van der Waals surface area contributed by atoms with Gasteiger partial charge in [-0.2, -0.15) is 0 Å². The highest BCUT2D eigenvalue weighted by Gasteiger charge is 2.13. The Bertz CT molecular complexity index is 305. The van der Waals surface area contributed by atoms with Gasteiger partial charge in [-0.25, -0.2) is 0 Å². The van der Waals surface area contributed by atoms with Gasteiger partial charge in [0.05, 0.1) is 6.61 Å². The minimum atomic E-state index is 0.679. The summed E-state index contributed by atoms with van der Waals surface area (Å²) in [5.74, 6) is 1.71. The van der Waals surface area contributed by atoms with Gasteiger partial charge in [0.25, 0.3) is 0 Å². The number of aryl methyl sites for hydroxylation is 1. The Hall–Kier alpha value is -1.02. The van der Waals surface area contributed by atoms with Crippen LogP contribution in [0.15, 0.2) is 24.3 Å². The Morgan fingerprint density at radius 2 is 2.27 bits per heavy atom. The average Bonchev–Trinajstić information content (AvgIpc) is 2.29. The maximum atomic E-state index is 5.84. The zero-order valence-electron chi connectivity index (χ0n) is 9.33. The van der Waals surface area contributed by atoms with Crippen molar-refractivity contribution < 1.29 is 4.74 Å². The van der Waals surface area contributed by atoms with Crippen molar-refractivity contribution in [1.29, 1.82) is 0 Å². The molecule has 1 aromatic rings. The Balaban J connectivity index is 1.84. The number of hydrogen-bond acceptors (Lipinski definition) is 2. The molecule has 1 N–H and O–H groups in total. The van der Waals surface area contributed by atoms with Gasteiger partial charge >= 0.3 is 0 Å². The summed E-state index contributed by atoms with van der Waals surface area (Å²) >= 11 is 0. The lowest BCUT2D eigenvalue weighted by Crippen LogP contribution is -2.33. The molecule has 1 fully saturated rings. The molecule has 0 aromatic heterocycles. The molecular weight excluding hydrogens is 186 g/mol. The van der Waals surface area contributed by atoms with Crippen LogP contribution >= 0.6 is 0 Å². The van der Waals surface area contributed by atoms with Crippen LogP contribution in [0.5, 0.6) is 5.75 Å². The standard InChI is InChI=1S/C13H19NO/c1-11-5-2-3-7-13(11)15-10-12-6-4-8-14-9-12/h2-3,5,7,12,14H,4,6,8-10H2,1H3. The first-order valence-corrected chi connectivity index (χ1v) is 5.75. The number of hydrogen-bond donors (Lipinski definition) is 1. The number of para-hydroxylation sites is 1. The van der Waals surface area contributed by atoms with Gasteiger partial charge in [0.2, 0.25) is 0 Å². The molecule has 2 heteroatoms. The van der Waals surface area contributed by atoms with Gasteiger partial charge in [0.1, 0.15) is 5.75 Å². The fraction of sp³-hybridized carbons (Fsp3) is 0.538. The van der Waals surface area contributed by atoms with Crippen molar-refractivity contribution in [3.8, 4) is 5.75 Å². The first kappa shape index (κ1) is 10.5. The van der Waals surface area contributed by atoms with Gasteiger partial charge in [-0.05, 0) is 37.9 Å². The molecule has 2 rings (SSSR count). The maximum Gasteiger partial charge on any atom is 0.122 e. The molecule has 0 spiro atoms. The van der Waals surface area contributed by atoms with Crippen molar-refractivity contribution >= 4 is 0 Å². The van der Waals surface area contributed by atoms with Crippen molar-refractivity contribution in [2.24, 2.45) is 5.92 Å². The summed E-state index contributed by atoms with van der Waals surface area (Å²) in [6, 6.07) is 8.21. The van der Waals surface area contributed by atoms with E-state index in [0.29, 0.717) is 5.92 Å². The van der Waals surface area contributed by atoms with E-state index in [1.54, 1.807) is 0 Å². The molecular formula is C13H19NO. The van der Waals surface area contributed by atoms with E-state index in [9.17, 15) is 0 Å². The molecule has 1 aliphatic heterocycles. The van der Waals surface area contributed by atoms with Gasteiger partial charge in [0, 0.05) is 12.5 Å². The van der Waals surface area contributed by atoms with Crippen LogP contribution in [0.25, 0.3) is 0 Å². The van der Waals surface area contributed by atoms with Crippen LogP contribution in [0.2, 0.25) is 0 Å². The highest BCUT2D eigenvalue weighted by molar-refractivity contribution is 5.31. The lowest BCUT2D eigenvalue weighted by molar-refractivity contribution is 0.217. The Kier molecular flexibility index (Phi) is 3.62. The summed E-state index contributed by atoms with van der Waals surface area (Å²) in [5, 5.41) is 3.41. The van der Waals surface area contributed by atoms with Crippen LogP contribution in [-0.2, 0) is 0 Å². The number of ether oxygens (including phenoxy) is 1. The quantitative estimate of drug-likeness (QED) is 0.818. The van der Waals surface area contributed by atoms with Crippen LogP contribution < -0.4 is 10.1 Å². The third-order valence-corrected chi connectivity index (χ3v) is 2.97. The molecule has 1 aliphatic rings. The second-order valence-electron chi connectivity index (χ2n) is 4.29. The zero-order chi connectivity index (χ0) is 10.5. The van der Waals surface area contributed by atoms with Gasteiger partial charge < -0.3 is 10.1 Å². The minimum absolute atomic E-state index is 0.679. The van der Waals surface area contributed by atoms with E-state index in [1.165, 1.54) is 24.9 Å². The van der Waals surface area contributed by atoms with Crippen LogP contribution in [0, 0.1) is 12.8 Å². The molecule has 15 heavy (non-hydrogen) atoms. The molecule has 1 heterocycles. The predicted octanol–water partition coefficient (Wildman–Crippen LogP) is 2.37. The van der Waals surface area contributed by atoms with Crippen molar-refractivity contribution in [3.63, 3.8) is 0 Å². The van der Waals surface area contributed by atoms with E-state index in [2.05, 4.69) is 18.3 Å². The van der Waals surface area contributed by atoms with E-state index in [-0.39, 0.29) is 0 Å². The van der Waals surface area contributed by atoms with Crippen molar-refractivity contribution in [2.45, 2.75) is 19.8 Å². The Morgan fingerprint density at radius 3 is 3.00 bits per heavy atom. The molecule has 2 nitrogen and oxygen atoms in total. The summed E-state index contributed by atoms with van der Waals surface area (Å²) in [6.45, 7) is 5.21. The third kappa shape index (κ3) is 2.96. The Labute approximate surface area is 91.6 Å². The van der Waals surface area contributed by atoms with Crippen molar-refractivity contribution in [3.05, 3.63) is 29.8 Å². The predicted molar refractivity (Wildman–Crippen MR) is 62.3 cm³/mol. The van der Waals surface area contributed by atoms with Gasteiger partial charge in [0.15, 0.2) is 0 Å². The average molecular weight is 205 g/mol. The third-order valence-electron chi connectivity index (χ3n) is 2.97. The summed E-state index contributed by atoms with van der Waals surface area (Å²) < 4.78 is 5.84. The van der Waals surface area contributed by atoms with E-state index >= 15 is 0 Å². The van der Waals surface area contributed by atoms with E-state index in [4.69, 9.17) is 4.74 Å². The van der Waals surface area contributed by atoms with Crippen LogP contribution in [0.1, 0.15) is 18.4 Å². The molecule has 82 valence electrons. The second kappa shape index (κ2) is 5.17. The van der Waals surface area contributed by atoms with Crippen LogP contribution in [0.4, 0.5) is 0 Å². The number of benzene rings is 1. The Morgan fingerprint density at radius 1 is 1.40 bits per heavy atom. The number of piperidine rings is 1. The van der Waals surface area contributed by atoms with Crippen molar-refractivity contribution in [1.82, 2.24) is 5.32 Å². The van der Waals surface area contributed by atoms with Gasteiger partial charge in [-0.15, -0.1) is 0 Å². The van der Waals surface area contributed by atoms with Crippen molar-refractivity contribution in [2.75, 3.05) is 19.7 Å². The molecule has 0 aliphatic carbocycles. The molecule has 0 amide bonds.